The van der Waals surface area contributed by atoms with E-state index in [0.29, 0.717) is 48.6 Å². The first-order chi connectivity index (χ1) is 15.6. The number of aryl methyl sites for hydroxylation is 1. The predicted molar refractivity (Wildman–Crippen MR) is 124 cm³/mol. The van der Waals surface area contributed by atoms with E-state index in [2.05, 4.69) is 9.97 Å². The minimum Gasteiger partial charge on any atom is -0.444 e. The number of nitrogens with zero attached hydrogens (tertiary/aromatic N) is 4. The zero-order valence-corrected chi connectivity index (χ0v) is 19.3. The quantitative estimate of drug-likeness (QED) is 0.552. The third-order valence-corrected chi connectivity index (χ3v) is 5.41. The van der Waals surface area contributed by atoms with Crippen LogP contribution in [0.15, 0.2) is 42.6 Å². The molecule has 1 saturated heterocycles. The molecule has 0 unspecified atom stereocenters. The Morgan fingerprint density at radius 3 is 2.42 bits per heavy atom. The topological polar surface area (TPSA) is 75.6 Å². The molecule has 0 atom stereocenters. The normalized spacial score (nSPS) is 14.5. The maximum Gasteiger partial charge on any atom is 0.410 e. The largest absolute Gasteiger partial charge is 0.444 e. The maximum atomic E-state index is 14.2. The lowest BCUT2D eigenvalue weighted by Crippen LogP contribution is -2.50. The van der Waals surface area contributed by atoms with Crippen LogP contribution in [0, 0.1) is 12.7 Å². The summed E-state index contributed by atoms with van der Waals surface area (Å²) in [6.07, 6.45) is 1.37. The lowest BCUT2D eigenvalue weighted by Gasteiger charge is -2.36. The highest BCUT2D eigenvalue weighted by Gasteiger charge is 2.26. The molecule has 1 amide bonds. The molecule has 0 bridgehead atoms. The highest BCUT2D eigenvalue weighted by Crippen LogP contribution is 2.22. The minimum atomic E-state index is -0.548. The molecule has 7 nitrogen and oxygen atoms in total. The SMILES string of the molecule is Cc1ccc(F)c(C(=O)c2ccc3ncc(N4CCN(C(=O)OC(C)(C)C)CC4)nc3c2)c1. The fraction of sp³-hybridized carbons (Fsp3) is 0.360. The van der Waals surface area contributed by atoms with E-state index in [0.717, 1.165) is 5.56 Å². The van der Waals surface area contributed by atoms with Crippen LogP contribution in [0.25, 0.3) is 11.0 Å². The molecule has 172 valence electrons. The van der Waals surface area contributed by atoms with E-state index >= 15 is 0 Å². The van der Waals surface area contributed by atoms with Crippen molar-refractivity contribution < 1.29 is 18.7 Å². The van der Waals surface area contributed by atoms with Gasteiger partial charge in [0.15, 0.2) is 5.78 Å². The van der Waals surface area contributed by atoms with Crippen molar-refractivity contribution in [3.05, 3.63) is 65.1 Å². The second-order valence-corrected chi connectivity index (χ2v) is 9.20. The van der Waals surface area contributed by atoms with Crippen molar-refractivity contribution in [2.24, 2.45) is 0 Å². The number of halogens is 1. The van der Waals surface area contributed by atoms with E-state index < -0.39 is 17.2 Å². The van der Waals surface area contributed by atoms with Crippen LogP contribution in [0.3, 0.4) is 0 Å². The number of hydrogen-bond donors (Lipinski definition) is 0. The summed E-state index contributed by atoms with van der Waals surface area (Å²) in [5.41, 5.74) is 1.88. The van der Waals surface area contributed by atoms with Gasteiger partial charge in [-0.05, 0) is 58.0 Å². The molecule has 0 saturated carbocycles. The molecule has 1 aliphatic heterocycles. The summed E-state index contributed by atoms with van der Waals surface area (Å²) in [6.45, 7) is 9.56. The van der Waals surface area contributed by atoms with Crippen LogP contribution >= 0.6 is 0 Å². The third-order valence-electron chi connectivity index (χ3n) is 5.41. The molecule has 2 heterocycles. The molecular weight excluding hydrogens is 423 g/mol. The van der Waals surface area contributed by atoms with Gasteiger partial charge in [-0.3, -0.25) is 9.78 Å². The van der Waals surface area contributed by atoms with Crippen LogP contribution < -0.4 is 4.90 Å². The highest BCUT2D eigenvalue weighted by atomic mass is 19.1. The van der Waals surface area contributed by atoms with Gasteiger partial charge in [0.1, 0.15) is 17.2 Å². The Morgan fingerprint density at radius 2 is 1.73 bits per heavy atom. The van der Waals surface area contributed by atoms with Crippen molar-refractivity contribution >= 4 is 28.7 Å². The summed E-state index contributed by atoms with van der Waals surface area (Å²) in [5, 5.41) is 0. The van der Waals surface area contributed by atoms with Crippen LogP contribution in [-0.2, 0) is 4.74 Å². The fourth-order valence-corrected chi connectivity index (χ4v) is 3.71. The second kappa shape index (κ2) is 8.77. The highest BCUT2D eigenvalue weighted by molar-refractivity contribution is 6.10. The Hall–Kier alpha value is -3.55. The fourth-order valence-electron chi connectivity index (χ4n) is 3.71. The lowest BCUT2D eigenvalue weighted by molar-refractivity contribution is 0.0240. The van der Waals surface area contributed by atoms with Crippen molar-refractivity contribution in [3.8, 4) is 0 Å². The Labute approximate surface area is 192 Å². The molecule has 0 spiro atoms. The number of carbonyl (C=O) groups is 2. The summed E-state index contributed by atoms with van der Waals surface area (Å²) >= 11 is 0. The first-order valence-corrected chi connectivity index (χ1v) is 10.9. The van der Waals surface area contributed by atoms with Crippen LogP contribution in [0.2, 0.25) is 0 Å². The van der Waals surface area contributed by atoms with Gasteiger partial charge in [0, 0.05) is 31.7 Å². The number of benzene rings is 2. The van der Waals surface area contributed by atoms with Crippen molar-refractivity contribution in [1.29, 1.82) is 0 Å². The number of hydrogen-bond acceptors (Lipinski definition) is 6. The number of carbonyl (C=O) groups excluding carboxylic acids is 2. The van der Waals surface area contributed by atoms with Crippen LogP contribution in [0.1, 0.15) is 42.3 Å². The van der Waals surface area contributed by atoms with Crippen LogP contribution in [-0.4, -0.2) is 58.5 Å². The van der Waals surface area contributed by atoms with E-state index in [1.165, 1.54) is 6.07 Å². The molecule has 1 aliphatic rings. The molecule has 0 radical (unpaired) electrons. The zero-order chi connectivity index (χ0) is 23.8. The van der Waals surface area contributed by atoms with Gasteiger partial charge in [0.05, 0.1) is 22.8 Å². The number of rotatable bonds is 3. The molecule has 0 aliphatic carbocycles. The number of anilines is 1. The summed E-state index contributed by atoms with van der Waals surface area (Å²) in [4.78, 5) is 38.1. The van der Waals surface area contributed by atoms with E-state index in [-0.39, 0.29) is 11.7 Å². The van der Waals surface area contributed by atoms with Crippen molar-refractivity contribution in [1.82, 2.24) is 14.9 Å². The van der Waals surface area contributed by atoms with Crippen molar-refractivity contribution in [2.75, 3.05) is 31.1 Å². The minimum absolute atomic E-state index is 0.0386. The first kappa shape index (κ1) is 22.6. The van der Waals surface area contributed by atoms with Gasteiger partial charge in [-0.1, -0.05) is 11.6 Å². The second-order valence-electron chi connectivity index (χ2n) is 9.20. The molecule has 1 aromatic heterocycles. The predicted octanol–water partition coefficient (Wildman–Crippen LogP) is 4.37. The summed E-state index contributed by atoms with van der Waals surface area (Å²) in [5.74, 6) is -0.276. The monoisotopic (exact) mass is 450 g/mol. The van der Waals surface area contributed by atoms with Gasteiger partial charge in [-0.2, -0.15) is 0 Å². The molecule has 2 aromatic carbocycles. The van der Waals surface area contributed by atoms with E-state index in [9.17, 15) is 14.0 Å². The van der Waals surface area contributed by atoms with Gasteiger partial charge in [0.25, 0.3) is 0 Å². The number of ketones is 1. The molecule has 3 aromatic rings. The molecule has 4 rings (SSSR count). The molecule has 1 fully saturated rings. The number of piperazine rings is 1. The van der Waals surface area contributed by atoms with E-state index in [4.69, 9.17) is 4.74 Å². The molecule has 33 heavy (non-hydrogen) atoms. The smallest absolute Gasteiger partial charge is 0.410 e. The Kier molecular flexibility index (Phi) is 6.01. The summed E-state index contributed by atoms with van der Waals surface area (Å²) < 4.78 is 19.7. The molecule has 8 heteroatoms. The summed E-state index contributed by atoms with van der Waals surface area (Å²) in [7, 11) is 0. The standard InChI is InChI=1S/C25H27FN4O3/c1-16-5-7-19(26)18(13-16)23(31)17-6-8-20-21(14-17)28-22(15-27-20)29-9-11-30(12-10-29)24(32)33-25(2,3)4/h5-8,13-15H,9-12H2,1-4H3. The van der Waals surface area contributed by atoms with Gasteiger partial charge in [-0.25, -0.2) is 14.2 Å². The lowest BCUT2D eigenvalue weighted by atomic mass is 10.0. The number of ether oxygens (including phenoxy) is 1. The molecule has 0 N–H and O–H groups in total. The van der Waals surface area contributed by atoms with Gasteiger partial charge < -0.3 is 14.5 Å². The van der Waals surface area contributed by atoms with Gasteiger partial charge >= 0.3 is 6.09 Å². The third kappa shape index (κ3) is 5.10. The number of aromatic nitrogens is 2. The number of amides is 1. The van der Waals surface area contributed by atoms with Crippen LogP contribution in [0.4, 0.5) is 15.0 Å². The van der Waals surface area contributed by atoms with Crippen LogP contribution in [0.5, 0.6) is 0 Å². The van der Waals surface area contributed by atoms with E-state index in [1.807, 2.05) is 32.6 Å². The Bertz CT molecular complexity index is 1210. The van der Waals surface area contributed by atoms with Crippen molar-refractivity contribution in [2.45, 2.75) is 33.3 Å². The average molecular weight is 451 g/mol. The average Bonchev–Trinajstić information content (AvgIpc) is 2.78. The van der Waals surface area contributed by atoms with E-state index in [1.54, 1.807) is 41.4 Å². The maximum absolute atomic E-state index is 14.2. The van der Waals surface area contributed by atoms with Gasteiger partial charge in [0.2, 0.25) is 0 Å². The van der Waals surface area contributed by atoms with Crippen molar-refractivity contribution in [3.63, 3.8) is 0 Å². The first-order valence-electron chi connectivity index (χ1n) is 10.9. The van der Waals surface area contributed by atoms with Gasteiger partial charge in [-0.15, -0.1) is 0 Å². The molecular formula is C25H27FN4O3. The number of fused-ring (bicyclic) bond motifs is 1. The summed E-state index contributed by atoms with van der Waals surface area (Å²) in [6, 6.07) is 9.49. The zero-order valence-electron chi connectivity index (χ0n) is 19.3. The Morgan fingerprint density at radius 1 is 1.00 bits per heavy atom. The Balaban J connectivity index is 1.52.